The number of aromatic nitrogens is 4. The molecule has 43 heavy (non-hydrogen) atoms. The number of amides is 2. The number of Topliss-reactive ketones (excluding diaryl/α,β-unsaturated/α-hetero) is 1. The first-order valence-electron chi connectivity index (χ1n) is 14.6. The molecule has 12 heteroatoms. The van der Waals surface area contributed by atoms with Gasteiger partial charge in [-0.05, 0) is 25.8 Å². The third kappa shape index (κ3) is 5.63. The summed E-state index contributed by atoms with van der Waals surface area (Å²) in [4.78, 5) is 39.1. The Morgan fingerprint density at radius 3 is 2.42 bits per heavy atom. The maximum atomic E-state index is 13.0. The fourth-order valence-corrected chi connectivity index (χ4v) is 5.80. The Morgan fingerprint density at radius 1 is 1.02 bits per heavy atom. The van der Waals surface area contributed by atoms with Crippen molar-refractivity contribution in [3.63, 3.8) is 0 Å². The van der Waals surface area contributed by atoms with Crippen molar-refractivity contribution in [2.75, 3.05) is 63.2 Å². The number of fused-ring (bicyclic) bond motifs is 1. The molecule has 5 heterocycles. The molecule has 2 fully saturated rings. The number of pyridine rings is 1. The van der Waals surface area contributed by atoms with Gasteiger partial charge in [0.15, 0.2) is 11.4 Å². The van der Waals surface area contributed by atoms with Crippen molar-refractivity contribution in [1.29, 1.82) is 0 Å². The van der Waals surface area contributed by atoms with Crippen molar-refractivity contribution in [1.82, 2.24) is 29.8 Å². The lowest BCUT2D eigenvalue weighted by Gasteiger charge is -2.38. The van der Waals surface area contributed by atoms with Crippen molar-refractivity contribution in [2.24, 2.45) is 5.41 Å². The summed E-state index contributed by atoms with van der Waals surface area (Å²) in [6.07, 6.45) is 4.90. The second-order valence-corrected chi connectivity index (χ2v) is 11.2. The van der Waals surface area contributed by atoms with Gasteiger partial charge in [0.05, 0.1) is 18.5 Å². The molecule has 4 N–H and O–H groups in total. The van der Waals surface area contributed by atoms with Crippen LogP contribution in [0.1, 0.15) is 30.1 Å². The molecular weight excluding hydrogens is 548 g/mol. The largest absolute Gasteiger partial charge is 0.396 e. The first-order chi connectivity index (χ1) is 20.9. The molecule has 0 aliphatic carbocycles. The molecule has 6 rings (SSSR count). The molecular formula is C31H36N8O4. The highest BCUT2D eigenvalue weighted by Crippen LogP contribution is 2.32. The number of nitrogen functional groups attached to an aromatic ring is 1. The molecule has 2 saturated heterocycles. The zero-order valence-electron chi connectivity index (χ0n) is 24.2. The number of hydrogen-bond donors (Lipinski definition) is 3. The Morgan fingerprint density at radius 2 is 1.77 bits per heavy atom. The van der Waals surface area contributed by atoms with Gasteiger partial charge in [0.25, 0.3) is 0 Å². The minimum Gasteiger partial charge on any atom is -0.396 e. The number of hydrogen-bond acceptors (Lipinski definition) is 9. The standard InChI is InChI=1S/C31H36N8O4/c1-21(41)26-27(32)39-28(24(18-35-39)23-7-8-25(33-17-23)22-5-3-2-4-6-22)36-29(26)37-11-13-38(14-12-37)30(42)34-19-31(20-40)9-15-43-16-10-31/h2-8,17-18,40H,9-16,19-20,32H2,1H3,(H,34,42). The Kier molecular flexibility index (Phi) is 7.96. The first kappa shape index (κ1) is 28.6. The Labute approximate surface area is 249 Å². The number of rotatable bonds is 7. The van der Waals surface area contributed by atoms with E-state index < -0.39 is 0 Å². The molecule has 2 aliphatic rings. The van der Waals surface area contributed by atoms with Gasteiger partial charge in [0.2, 0.25) is 0 Å². The minimum atomic E-state index is -0.344. The molecule has 4 aromatic rings. The van der Waals surface area contributed by atoms with E-state index in [1.807, 2.05) is 47.4 Å². The Balaban J connectivity index is 1.21. The molecule has 3 aromatic heterocycles. The van der Waals surface area contributed by atoms with Gasteiger partial charge in [-0.25, -0.2) is 9.78 Å². The van der Waals surface area contributed by atoms with Crippen LogP contribution >= 0.6 is 0 Å². The number of nitrogens with one attached hydrogen (secondary N) is 1. The van der Waals surface area contributed by atoms with Crippen LogP contribution in [0.5, 0.6) is 0 Å². The van der Waals surface area contributed by atoms with E-state index >= 15 is 0 Å². The summed E-state index contributed by atoms with van der Waals surface area (Å²) in [5.74, 6) is 0.493. The summed E-state index contributed by atoms with van der Waals surface area (Å²) < 4.78 is 6.92. The number of benzene rings is 1. The lowest BCUT2D eigenvalue weighted by molar-refractivity contribution is -0.0143. The molecule has 12 nitrogen and oxygen atoms in total. The molecule has 0 spiro atoms. The van der Waals surface area contributed by atoms with Crippen LogP contribution in [-0.2, 0) is 4.74 Å². The topological polar surface area (TPSA) is 151 Å². The fraction of sp³-hybridized carbons (Fsp3) is 0.387. The quantitative estimate of drug-likeness (QED) is 0.279. The minimum absolute atomic E-state index is 0.0115. The second-order valence-electron chi connectivity index (χ2n) is 11.2. The summed E-state index contributed by atoms with van der Waals surface area (Å²) in [6.45, 7) is 4.90. The first-order valence-corrected chi connectivity index (χ1v) is 14.6. The van der Waals surface area contributed by atoms with Crippen LogP contribution in [0.4, 0.5) is 16.4 Å². The normalized spacial score (nSPS) is 16.8. The van der Waals surface area contributed by atoms with Crippen LogP contribution in [-0.4, -0.2) is 93.9 Å². The number of nitrogens with two attached hydrogens (primary N) is 1. The van der Waals surface area contributed by atoms with Gasteiger partial charge in [-0.1, -0.05) is 36.4 Å². The van der Waals surface area contributed by atoms with E-state index in [1.165, 1.54) is 11.4 Å². The molecule has 0 saturated carbocycles. The van der Waals surface area contributed by atoms with Gasteiger partial charge in [0, 0.05) is 74.2 Å². The Bertz CT molecular complexity index is 1610. The molecule has 1 aromatic carbocycles. The van der Waals surface area contributed by atoms with Crippen LogP contribution in [0, 0.1) is 5.41 Å². The van der Waals surface area contributed by atoms with Gasteiger partial charge in [-0.3, -0.25) is 9.78 Å². The van der Waals surface area contributed by atoms with Gasteiger partial charge in [0.1, 0.15) is 17.2 Å². The SMILES string of the molecule is CC(=O)c1c(N2CCN(C(=O)NCC3(CO)CCOCC3)CC2)nc2c(-c3ccc(-c4ccccc4)nc3)cnn2c1N. The number of ether oxygens (including phenoxy) is 1. The number of urea groups is 1. The fourth-order valence-electron chi connectivity index (χ4n) is 5.80. The number of carbonyl (C=O) groups excluding carboxylic acids is 2. The summed E-state index contributed by atoms with van der Waals surface area (Å²) in [5.41, 5.74) is 10.5. The van der Waals surface area contributed by atoms with Crippen molar-refractivity contribution in [3.05, 3.63) is 60.4 Å². The zero-order chi connectivity index (χ0) is 30.0. The number of piperazine rings is 1. The predicted octanol–water partition coefficient (Wildman–Crippen LogP) is 2.86. The number of carbonyl (C=O) groups is 2. The maximum Gasteiger partial charge on any atom is 0.317 e. The lowest BCUT2D eigenvalue weighted by atomic mass is 9.81. The van der Waals surface area contributed by atoms with Gasteiger partial charge < -0.3 is 30.7 Å². The van der Waals surface area contributed by atoms with Crippen LogP contribution in [0.25, 0.3) is 28.0 Å². The van der Waals surface area contributed by atoms with Crippen LogP contribution in [0.15, 0.2) is 54.9 Å². The van der Waals surface area contributed by atoms with E-state index in [1.54, 1.807) is 17.3 Å². The molecule has 224 valence electrons. The van der Waals surface area contributed by atoms with Gasteiger partial charge in [-0.2, -0.15) is 9.61 Å². The Hall–Kier alpha value is -4.55. The zero-order valence-corrected chi connectivity index (χ0v) is 24.2. The van der Waals surface area contributed by atoms with Crippen molar-refractivity contribution in [3.8, 4) is 22.4 Å². The highest BCUT2D eigenvalue weighted by Gasteiger charge is 2.34. The molecule has 2 aliphatic heterocycles. The van der Waals surface area contributed by atoms with Crippen LogP contribution in [0.3, 0.4) is 0 Å². The van der Waals surface area contributed by atoms with Gasteiger partial charge >= 0.3 is 6.03 Å². The molecule has 0 atom stereocenters. The number of aliphatic hydroxyl groups is 1. The number of anilines is 2. The van der Waals surface area contributed by atoms with E-state index in [-0.39, 0.29) is 29.7 Å². The average molecular weight is 585 g/mol. The monoisotopic (exact) mass is 584 g/mol. The van der Waals surface area contributed by atoms with E-state index in [9.17, 15) is 14.7 Å². The molecule has 0 bridgehead atoms. The smallest absolute Gasteiger partial charge is 0.317 e. The predicted molar refractivity (Wildman–Crippen MR) is 163 cm³/mol. The number of aliphatic hydroxyl groups excluding tert-OH is 1. The molecule has 2 amide bonds. The number of nitrogens with zero attached hydrogens (tertiary/aromatic N) is 6. The summed E-state index contributed by atoms with van der Waals surface area (Å²) >= 11 is 0. The van der Waals surface area contributed by atoms with E-state index in [0.29, 0.717) is 75.8 Å². The van der Waals surface area contributed by atoms with Crippen molar-refractivity contribution >= 4 is 29.1 Å². The maximum absolute atomic E-state index is 13.0. The summed E-state index contributed by atoms with van der Waals surface area (Å²) in [7, 11) is 0. The molecule has 0 unspecified atom stereocenters. The van der Waals surface area contributed by atoms with Crippen LogP contribution < -0.4 is 16.0 Å². The highest BCUT2D eigenvalue weighted by molar-refractivity contribution is 6.04. The summed E-state index contributed by atoms with van der Waals surface area (Å²) in [5, 5.41) is 17.4. The summed E-state index contributed by atoms with van der Waals surface area (Å²) in [6, 6.07) is 13.7. The van der Waals surface area contributed by atoms with Gasteiger partial charge in [-0.15, -0.1) is 0 Å². The van der Waals surface area contributed by atoms with Crippen molar-refractivity contribution < 1.29 is 19.4 Å². The van der Waals surface area contributed by atoms with E-state index in [0.717, 1.165) is 22.4 Å². The second kappa shape index (κ2) is 12.0. The van der Waals surface area contributed by atoms with Crippen molar-refractivity contribution in [2.45, 2.75) is 19.8 Å². The van der Waals surface area contributed by atoms with E-state index in [2.05, 4.69) is 15.4 Å². The average Bonchev–Trinajstić information content (AvgIpc) is 3.49. The van der Waals surface area contributed by atoms with E-state index in [4.69, 9.17) is 15.5 Å². The lowest BCUT2D eigenvalue weighted by Crippen LogP contribution is -2.54. The highest BCUT2D eigenvalue weighted by atomic mass is 16.5. The number of ketones is 1. The third-order valence-electron chi connectivity index (χ3n) is 8.53. The van der Waals surface area contributed by atoms with Crippen LogP contribution in [0.2, 0.25) is 0 Å². The third-order valence-corrected chi connectivity index (χ3v) is 8.53. The molecule has 0 radical (unpaired) electrons.